The van der Waals surface area contributed by atoms with Gasteiger partial charge in [-0.1, -0.05) is 22.9 Å². The van der Waals surface area contributed by atoms with Gasteiger partial charge in [-0.3, -0.25) is 14.6 Å². The van der Waals surface area contributed by atoms with Gasteiger partial charge in [0.1, 0.15) is 21.7 Å². The number of rotatable bonds is 11. The average molecular weight is 568 g/mol. The van der Waals surface area contributed by atoms with E-state index in [4.69, 9.17) is 30.8 Å². The summed E-state index contributed by atoms with van der Waals surface area (Å²) in [6.07, 6.45) is 0.534. The molecule has 0 atom stereocenters. The van der Waals surface area contributed by atoms with Crippen LogP contribution >= 0.6 is 22.9 Å². The maximum absolute atomic E-state index is 13.5. The number of hydrogen-bond acceptors (Lipinski definition) is 9. The lowest BCUT2D eigenvalue weighted by molar-refractivity contribution is -0.118. The van der Waals surface area contributed by atoms with Crippen LogP contribution in [0.15, 0.2) is 41.3 Å². The zero-order chi connectivity index (χ0) is 26.4. The lowest BCUT2D eigenvalue weighted by Gasteiger charge is -2.27. The molecule has 1 amide bonds. The summed E-state index contributed by atoms with van der Waals surface area (Å²) >= 11 is 7.21. The Morgan fingerprint density at radius 1 is 1.11 bits per heavy atom. The van der Waals surface area contributed by atoms with E-state index in [1.165, 1.54) is 35.6 Å². The molecule has 0 unspecified atom stereocenters. The Morgan fingerprint density at radius 2 is 1.78 bits per heavy atom. The van der Waals surface area contributed by atoms with Crippen LogP contribution in [0.4, 0.5) is 5.13 Å². The molecule has 200 valence electrons. The fourth-order valence-corrected chi connectivity index (χ4v) is 6.58. The quantitative estimate of drug-likeness (QED) is 0.344. The van der Waals surface area contributed by atoms with E-state index >= 15 is 0 Å². The fourth-order valence-electron chi connectivity index (χ4n) is 4.11. The molecule has 1 saturated heterocycles. The molecule has 1 aromatic heterocycles. The van der Waals surface area contributed by atoms with Crippen molar-refractivity contribution >= 4 is 54.0 Å². The molecule has 0 N–H and O–H groups in total. The number of nitrogens with zero attached hydrogens (tertiary/aromatic N) is 3. The molecule has 3 aromatic rings. The number of ether oxygens (including phenoxy) is 3. The van der Waals surface area contributed by atoms with Gasteiger partial charge < -0.3 is 14.2 Å². The van der Waals surface area contributed by atoms with Gasteiger partial charge in [-0.2, -0.15) is 0 Å². The summed E-state index contributed by atoms with van der Waals surface area (Å²) in [5.41, 5.74) is 0.599. The topological polar surface area (TPSA) is 98.3 Å². The molecule has 12 heteroatoms. The van der Waals surface area contributed by atoms with Gasteiger partial charge in [0.15, 0.2) is 15.0 Å². The van der Waals surface area contributed by atoms with Gasteiger partial charge >= 0.3 is 0 Å². The van der Waals surface area contributed by atoms with Crippen LogP contribution in [-0.2, 0) is 19.4 Å². The van der Waals surface area contributed by atoms with Gasteiger partial charge in [-0.05, 0) is 42.8 Å². The van der Waals surface area contributed by atoms with Crippen LogP contribution in [0.3, 0.4) is 0 Å². The van der Waals surface area contributed by atoms with Crippen LogP contribution in [0.25, 0.3) is 10.2 Å². The van der Waals surface area contributed by atoms with Crippen molar-refractivity contribution in [3.63, 3.8) is 0 Å². The summed E-state index contributed by atoms with van der Waals surface area (Å²) in [5.74, 6) is 0.580. The molecular weight excluding hydrogens is 538 g/mol. The minimum absolute atomic E-state index is 0.137. The third-order valence-corrected chi connectivity index (χ3v) is 9.22. The fraction of sp³-hybridized carbons (Fsp3) is 0.440. The summed E-state index contributed by atoms with van der Waals surface area (Å²) in [5, 5.41) is 0.928. The van der Waals surface area contributed by atoms with Crippen molar-refractivity contribution in [2.45, 2.75) is 17.7 Å². The predicted octanol–water partition coefficient (Wildman–Crippen LogP) is 3.89. The SMILES string of the molecule is COc1ccc(OC)c2sc(N(CCCN3CCOCC3)C(=O)CCS(=O)(=O)c3ccc(Cl)cc3)nc12. The van der Waals surface area contributed by atoms with Crippen molar-refractivity contribution in [3.8, 4) is 11.5 Å². The number of sulfone groups is 1. The Morgan fingerprint density at radius 3 is 2.46 bits per heavy atom. The highest BCUT2D eigenvalue weighted by atomic mass is 35.5. The zero-order valence-electron chi connectivity index (χ0n) is 20.8. The first-order chi connectivity index (χ1) is 17.8. The third kappa shape index (κ3) is 6.71. The number of hydrogen-bond donors (Lipinski definition) is 0. The number of morpholine rings is 1. The molecule has 0 radical (unpaired) electrons. The van der Waals surface area contributed by atoms with Crippen LogP contribution in [0, 0.1) is 0 Å². The van der Waals surface area contributed by atoms with Crippen molar-refractivity contribution in [1.29, 1.82) is 0 Å². The number of thiazole rings is 1. The van der Waals surface area contributed by atoms with Crippen molar-refractivity contribution in [2.75, 3.05) is 64.3 Å². The number of benzene rings is 2. The lowest BCUT2D eigenvalue weighted by atomic mass is 10.3. The Balaban J connectivity index is 1.56. The van der Waals surface area contributed by atoms with Gasteiger partial charge in [0.2, 0.25) is 5.91 Å². The Bertz CT molecular complexity index is 1280. The Labute approximate surface area is 225 Å². The van der Waals surface area contributed by atoms with Gasteiger partial charge in [0.25, 0.3) is 0 Å². The molecule has 0 aliphatic carbocycles. The second kappa shape index (κ2) is 12.4. The maximum Gasteiger partial charge on any atom is 0.229 e. The van der Waals surface area contributed by atoms with Crippen LogP contribution in [-0.4, -0.2) is 83.6 Å². The molecule has 4 rings (SSSR count). The molecule has 2 aromatic carbocycles. The molecular formula is C25H30ClN3O6S2. The second-order valence-corrected chi connectivity index (χ2v) is 12.0. The smallest absolute Gasteiger partial charge is 0.229 e. The summed E-state index contributed by atoms with van der Waals surface area (Å²) in [6, 6.07) is 9.52. The number of amides is 1. The minimum atomic E-state index is -3.66. The molecule has 0 saturated carbocycles. The first-order valence-corrected chi connectivity index (χ1v) is 14.8. The van der Waals surface area contributed by atoms with Crippen molar-refractivity contribution in [3.05, 3.63) is 41.4 Å². The van der Waals surface area contributed by atoms with Crippen LogP contribution in [0.2, 0.25) is 5.02 Å². The monoisotopic (exact) mass is 567 g/mol. The van der Waals surface area contributed by atoms with E-state index < -0.39 is 9.84 Å². The maximum atomic E-state index is 13.5. The third-order valence-electron chi connectivity index (χ3n) is 6.15. The number of carbonyl (C=O) groups excluding carboxylic acids is 1. The van der Waals surface area contributed by atoms with E-state index in [-0.39, 0.29) is 23.0 Å². The van der Waals surface area contributed by atoms with Gasteiger partial charge in [-0.25, -0.2) is 13.4 Å². The Kier molecular flexibility index (Phi) is 9.25. The number of aromatic nitrogens is 1. The number of halogens is 1. The number of anilines is 1. The highest BCUT2D eigenvalue weighted by Gasteiger charge is 2.25. The first-order valence-electron chi connectivity index (χ1n) is 11.9. The molecule has 0 bridgehead atoms. The summed E-state index contributed by atoms with van der Waals surface area (Å²) in [6.45, 7) is 4.30. The zero-order valence-corrected chi connectivity index (χ0v) is 23.2. The first kappa shape index (κ1) is 27.6. The second-order valence-electron chi connectivity index (χ2n) is 8.52. The van der Waals surface area contributed by atoms with Gasteiger partial charge in [0, 0.05) is 37.6 Å². The van der Waals surface area contributed by atoms with Gasteiger partial charge in [-0.15, -0.1) is 0 Å². The standard InChI is InChI=1S/C25H30ClN3O6S2/c1-33-20-8-9-21(34-2)24-23(20)27-25(36-24)29(12-3-11-28-13-15-35-16-14-28)22(30)10-17-37(31,32)19-6-4-18(26)5-7-19/h4-9H,3,10-17H2,1-2H3. The summed E-state index contributed by atoms with van der Waals surface area (Å²) in [7, 11) is -0.517. The van der Waals surface area contributed by atoms with E-state index in [1.54, 1.807) is 31.3 Å². The lowest BCUT2D eigenvalue weighted by Crippen LogP contribution is -2.39. The summed E-state index contributed by atoms with van der Waals surface area (Å²) < 4.78 is 42.9. The molecule has 0 spiro atoms. The van der Waals surface area contributed by atoms with Gasteiger partial charge in [0.05, 0.1) is 38.1 Å². The highest BCUT2D eigenvalue weighted by molar-refractivity contribution is 7.91. The molecule has 37 heavy (non-hydrogen) atoms. The minimum Gasteiger partial charge on any atom is -0.495 e. The van der Waals surface area contributed by atoms with E-state index in [0.29, 0.717) is 53.3 Å². The average Bonchev–Trinajstić information content (AvgIpc) is 3.35. The van der Waals surface area contributed by atoms with E-state index in [9.17, 15) is 13.2 Å². The molecule has 2 heterocycles. The number of carbonyl (C=O) groups is 1. The molecule has 1 fully saturated rings. The number of methoxy groups -OCH3 is 2. The van der Waals surface area contributed by atoms with Crippen LogP contribution in [0.5, 0.6) is 11.5 Å². The molecule has 1 aliphatic heterocycles. The Hall–Kier alpha value is -2.44. The highest BCUT2D eigenvalue weighted by Crippen LogP contribution is 2.40. The largest absolute Gasteiger partial charge is 0.495 e. The molecule has 1 aliphatic rings. The van der Waals surface area contributed by atoms with E-state index in [0.717, 1.165) is 24.3 Å². The van der Waals surface area contributed by atoms with Crippen molar-refractivity contribution in [2.24, 2.45) is 0 Å². The van der Waals surface area contributed by atoms with Crippen molar-refractivity contribution in [1.82, 2.24) is 9.88 Å². The van der Waals surface area contributed by atoms with E-state index in [2.05, 4.69) is 4.90 Å². The van der Waals surface area contributed by atoms with Crippen LogP contribution < -0.4 is 14.4 Å². The normalized spacial score (nSPS) is 14.6. The predicted molar refractivity (Wildman–Crippen MR) is 145 cm³/mol. The molecule has 9 nitrogen and oxygen atoms in total. The number of fused-ring (bicyclic) bond motifs is 1. The summed E-state index contributed by atoms with van der Waals surface area (Å²) in [4.78, 5) is 22.2. The van der Waals surface area contributed by atoms with Crippen LogP contribution in [0.1, 0.15) is 12.8 Å². The van der Waals surface area contributed by atoms with Crippen molar-refractivity contribution < 1.29 is 27.4 Å². The van der Waals surface area contributed by atoms with E-state index in [1.807, 2.05) is 0 Å².